The van der Waals surface area contributed by atoms with Gasteiger partial charge in [0.1, 0.15) is 11.6 Å². The molecule has 0 aliphatic heterocycles. The maximum Gasteiger partial charge on any atom is 1.00 e. The average molecular weight is 587 g/mol. The number of hydrogen-bond donors (Lipinski definition) is 1. The topological polar surface area (TPSA) is 72.5 Å². The molecule has 0 aromatic heterocycles. The van der Waals surface area contributed by atoms with Gasteiger partial charge in [-0.25, -0.2) is 8.78 Å². The molecule has 218 valence electrons. The summed E-state index contributed by atoms with van der Waals surface area (Å²) in [5, 5.41) is 14.4. The molecular weight excluding hydrogens is 549 g/mol. The van der Waals surface area contributed by atoms with Gasteiger partial charge in [0.05, 0.1) is 12.0 Å². The Hall–Kier alpha value is -2.63. The quantitative estimate of drug-likeness (QED) is 0.331. The van der Waals surface area contributed by atoms with Gasteiger partial charge in [0.25, 0.3) is 5.91 Å². The second kappa shape index (κ2) is 16.3. The van der Waals surface area contributed by atoms with Crippen molar-refractivity contribution >= 4 is 23.6 Å². The molecule has 3 aromatic rings. The molecule has 3 aromatic carbocycles. The van der Waals surface area contributed by atoms with Crippen LogP contribution in [0.3, 0.4) is 0 Å². The zero-order valence-corrected chi connectivity index (χ0v) is 25.4. The summed E-state index contributed by atoms with van der Waals surface area (Å²) in [6, 6.07) is 16.2. The van der Waals surface area contributed by atoms with Crippen molar-refractivity contribution in [2.75, 3.05) is 12.0 Å². The molecule has 0 saturated heterocycles. The number of carbonyl (C=O) groups excluding carboxylic acids is 2. The van der Waals surface area contributed by atoms with E-state index >= 15 is 0 Å². The van der Waals surface area contributed by atoms with Crippen molar-refractivity contribution in [3.05, 3.63) is 94.6 Å². The molecule has 1 N–H and O–H groups in total. The van der Waals surface area contributed by atoms with Crippen LogP contribution < -0.4 is 29.3 Å². The number of aryl methyl sites for hydroxylation is 1. The summed E-state index contributed by atoms with van der Waals surface area (Å²) in [6.45, 7) is 2.92. The van der Waals surface area contributed by atoms with Crippen molar-refractivity contribution in [1.82, 2.24) is 10.2 Å². The van der Waals surface area contributed by atoms with E-state index < -0.39 is 29.6 Å². The maximum absolute atomic E-state index is 14.0. The number of halogens is 2. The van der Waals surface area contributed by atoms with Gasteiger partial charge in [-0.05, 0) is 90.3 Å². The Balaban J connectivity index is 0.00000484. The summed E-state index contributed by atoms with van der Waals surface area (Å²) >= 11 is 1.50. The van der Waals surface area contributed by atoms with Crippen LogP contribution in [0.5, 0.6) is 0 Å². The van der Waals surface area contributed by atoms with Gasteiger partial charge in [0.2, 0.25) is 0 Å². The molecule has 0 radical (unpaired) electrons. The third-order valence-electron chi connectivity index (χ3n) is 7.75. The number of hydrogen-bond acceptors (Lipinski definition) is 5. The predicted octanol–water partition coefficient (Wildman–Crippen LogP) is 2.88. The number of rotatable bonds is 12. The molecule has 9 heteroatoms. The smallest absolute Gasteiger partial charge is 0.548 e. The molecule has 1 unspecified atom stereocenters. The van der Waals surface area contributed by atoms with Gasteiger partial charge in [0.15, 0.2) is 0 Å². The molecule has 1 aliphatic rings. The van der Waals surface area contributed by atoms with Gasteiger partial charge >= 0.3 is 18.9 Å². The van der Waals surface area contributed by atoms with E-state index in [9.17, 15) is 23.5 Å². The maximum atomic E-state index is 14.0. The van der Waals surface area contributed by atoms with Gasteiger partial charge < -0.3 is 15.2 Å². The Kier molecular flexibility index (Phi) is 13.1. The molecule has 1 atom stereocenters. The van der Waals surface area contributed by atoms with Gasteiger partial charge in [-0.2, -0.15) is 11.8 Å². The minimum atomic E-state index is -1.31. The SMILES string of the molecule is CSCCC(NC(=O)c1ccc(CN(Cc2cc(F)cc(F)c2)C2CCCCC2)cc1-c1ccccc1C)C(=O)[O-].[Li+]. The summed E-state index contributed by atoms with van der Waals surface area (Å²) < 4.78 is 28.0. The Morgan fingerprint density at radius 2 is 1.62 bits per heavy atom. The molecule has 0 spiro atoms. The minimum absolute atomic E-state index is 0. The number of amides is 1. The standard InChI is InChI=1S/C33H38F2N2O3S.Li/c1-22-8-6-7-11-28(22)30-18-23(12-13-29(30)32(38)36-31(33(39)40)14-15-41-2)20-37(27-9-4-3-5-10-27)21-24-16-25(34)19-26(35)17-24;/h6-8,11-13,16-19,27,31H,3-5,9-10,14-15,20-21H2,1-2H3,(H,36,38)(H,39,40);/q;+1/p-1. The number of carbonyl (C=O) groups is 2. The zero-order chi connectivity index (χ0) is 29.4. The third kappa shape index (κ3) is 9.18. The van der Waals surface area contributed by atoms with Crippen LogP contribution in [0.4, 0.5) is 8.78 Å². The van der Waals surface area contributed by atoms with Gasteiger partial charge in [-0.15, -0.1) is 0 Å². The number of benzene rings is 3. The second-order valence-corrected chi connectivity index (χ2v) is 11.8. The fourth-order valence-electron chi connectivity index (χ4n) is 5.64. The van der Waals surface area contributed by atoms with Gasteiger partial charge in [-0.1, -0.05) is 49.6 Å². The first-order valence-electron chi connectivity index (χ1n) is 14.1. The van der Waals surface area contributed by atoms with Crippen LogP contribution in [-0.2, 0) is 17.9 Å². The largest absolute Gasteiger partial charge is 1.00 e. The molecule has 42 heavy (non-hydrogen) atoms. The Labute approximate surface area is 263 Å². The minimum Gasteiger partial charge on any atom is -0.548 e. The van der Waals surface area contributed by atoms with Crippen molar-refractivity contribution in [3.63, 3.8) is 0 Å². The first-order valence-corrected chi connectivity index (χ1v) is 15.5. The molecule has 5 nitrogen and oxygen atoms in total. The van der Waals surface area contributed by atoms with E-state index in [-0.39, 0.29) is 31.3 Å². The summed E-state index contributed by atoms with van der Waals surface area (Å²) in [5.74, 6) is -2.38. The Morgan fingerprint density at radius 1 is 0.952 bits per heavy atom. The van der Waals surface area contributed by atoms with E-state index in [4.69, 9.17) is 0 Å². The molecular formula is C33H37F2LiN2O3S. The number of carboxylic acid groups (broad SMARTS) is 1. The van der Waals surface area contributed by atoms with Crippen molar-refractivity contribution in [1.29, 1.82) is 0 Å². The van der Waals surface area contributed by atoms with Crippen molar-refractivity contribution in [3.8, 4) is 11.1 Å². The first-order chi connectivity index (χ1) is 19.7. The first kappa shape index (κ1) is 33.9. The number of thioether (sulfide) groups is 1. The number of nitrogens with one attached hydrogen (secondary N) is 1. The monoisotopic (exact) mass is 586 g/mol. The molecule has 1 aliphatic carbocycles. The zero-order valence-electron chi connectivity index (χ0n) is 24.6. The fourth-order valence-corrected chi connectivity index (χ4v) is 6.11. The van der Waals surface area contributed by atoms with Crippen LogP contribution >= 0.6 is 11.8 Å². The van der Waals surface area contributed by atoms with Gasteiger partial charge in [0, 0.05) is 30.8 Å². The Morgan fingerprint density at radius 3 is 2.26 bits per heavy atom. The summed E-state index contributed by atoms with van der Waals surface area (Å²) in [6.07, 6.45) is 7.59. The van der Waals surface area contributed by atoms with Crippen LogP contribution in [0.2, 0.25) is 0 Å². The number of nitrogens with zero attached hydrogens (tertiary/aromatic N) is 1. The molecule has 0 heterocycles. The Bertz CT molecular complexity index is 1350. The normalized spacial score (nSPS) is 14.3. The number of aliphatic carboxylic acids is 1. The molecule has 1 amide bonds. The average Bonchev–Trinajstić information content (AvgIpc) is 2.95. The molecule has 1 fully saturated rings. The van der Waals surface area contributed by atoms with E-state index in [2.05, 4.69) is 10.2 Å². The molecule has 4 rings (SSSR count). The van der Waals surface area contributed by atoms with E-state index in [1.165, 1.54) is 30.3 Å². The summed E-state index contributed by atoms with van der Waals surface area (Å²) in [4.78, 5) is 27.4. The number of carboxylic acids is 1. The van der Waals surface area contributed by atoms with E-state index in [0.717, 1.165) is 48.4 Å². The van der Waals surface area contributed by atoms with E-state index in [0.29, 0.717) is 35.5 Å². The van der Waals surface area contributed by atoms with Gasteiger partial charge in [-0.3, -0.25) is 9.69 Å². The van der Waals surface area contributed by atoms with Crippen LogP contribution in [0.1, 0.15) is 65.6 Å². The predicted molar refractivity (Wildman–Crippen MR) is 158 cm³/mol. The summed E-state index contributed by atoms with van der Waals surface area (Å²) in [7, 11) is 0. The molecule has 1 saturated carbocycles. The summed E-state index contributed by atoms with van der Waals surface area (Å²) in [5.41, 5.74) is 4.50. The van der Waals surface area contributed by atoms with Crippen LogP contribution in [-0.4, -0.2) is 40.9 Å². The van der Waals surface area contributed by atoms with Crippen LogP contribution in [0, 0.1) is 18.6 Å². The third-order valence-corrected chi connectivity index (χ3v) is 8.39. The van der Waals surface area contributed by atoms with Crippen molar-refractivity contribution in [2.24, 2.45) is 0 Å². The molecule has 0 bridgehead atoms. The van der Waals surface area contributed by atoms with E-state index in [1.54, 1.807) is 6.07 Å². The van der Waals surface area contributed by atoms with Crippen LogP contribution in [0.15, 0.2) is 60.7 Å². The second-order valence-electron chi connectivity index (χ2n) is 10.8. The van der Waals surface area contributed by atoms with Crippen molar-refractivity contribution in [2.45, 2.75) is 70.6 Å². The fraction of sp³-hybridized carbons (Fsp3) is 0.394. The van der Waals surface area contributed by atoms with E-state index in [1.807, 2.05) is 49.6 Å². The van der Waals surface area contributed by atoms with Crippen molar-refractivity contribution < 1.29 is 42.3 Å². The van der Waals surface area contributed by atoms with Crippen LogP contribution in [0.25, 0.3) is 11.1 Å².